The fourth-order valence-electron chi connectivity index (χ4n) is 1.93. The SMILES string of the molecule is COCCN(CCOC)CCC(O)c1ccc(F)cc1. The zero-order chi connectivity index (χ0) is 14.8. The molecule has 0 spiro atoms. The molecule has 4 nitrogen and oxygen atoms in total. The van der Waals surface area contributed by atoms with E-state index in [0.29, 0.717) is 19.6 Å². The molecule has 20 heavy (non-hydrogen) atoms. The topological polar surface area (TPSA) is 41.9 Å². The molecule has 0 aromatic heterocycles. The van der Waals surface area contributed by atoms with Crippen LogP contribution < -0.4 is 0 Å². The summed E-state index contributed by atoms with van der Waals surface area (Å²) in [6.07, 6.45) is 0.0159. The number of rotatable bonds is 10. The third-order valence-electron chi connectivity index (χ3n) is 3.20. The zero-order valence-corrected chi connectivity index (χ0v) is 12.2. The molecule has 1 aromatic rings. The highest BCUT2D eigenvalue weighted by Crippen LogP contribution is 2.17. The third-order valence-corrected chi connectivity index (χ3v) is 3.20. The first-order valence-corrected chi connectivity index (χ1v) is 6.81. The Labute approximate surface area is 120 Å². The van der Waals surface area contributed by atoms with Crippen LogP contribution in [-0.2, 0) is 9.47 Å². The summed E-state index contributed by atoms with van der Waals surface area (Å²) in [6, 6.07) is 5.97. The van der Waals surface area contributed by atoms with Gasteiger partial charge < -0.3 is 14.6 Å². The van der Waals surface area contributed by atoms with E-state index < -0.39 is 6.10 Å². The molecule has 114 valence electrons. The smallest absolute Gasteiger partial charge is 0.123 e. The maximum absolute atomic E-state index is 12.8. The lowest BCUT2D eigenvalue weighted by atomic mass is 10.1. The van der Waals surface area contributed by atoms with Crippen LogP contribution in [0.3, 0.4) is 0 Å². The molecule has 0 aliphatic rings. The van der Waals surface area contributed by atoms with E-state index in [1.165, 1.54) is 12.1 Å². The van der Waals surface area contributed by atoms with Crippen molar-refractivity contribution in [1.29, 1.82) is 0 Å². The van der Waals surface area contributed by atoms with Crippen molar-refractivity contribution in [2.24, 2.45) is 0 Å². The summed E-state index contributed by atoms with van der Waals surface area (Å²) in [4.78, 5) is 2.18. The number of methoxy groups -OCH3 is 2. The van der Waals surface area contributed by atoms with Gasteiger partial charge >= 0.3 is 0 Å². The average Bonchev–Trinajstić information content (AvgIpc) is 2.47. The van der Waals surface area contributed by atoms with Crippen molar-refractivity contribution >= 4 is 0 Å². The van der Waals surface area contributed by atoms with Gasteiger partial charge in [0.25, 0.3) is 0 Å². The van der Waals surface area contributed by atoms with E-state index in [9.17, 15) is 9.50 Å². The van der Waals surface area contributed by atoms with Gasteiger partial charge in [-0.25, -0.2) is 4.39 Å². The third kappa shape index (κ3) is 6.43. The minimum absolute atomic E-state index is 0.289. The molecule has 0 saturated carbocycles. The number of aliphatic hydroxyl groups is 1. The van der Waals surface area contributed by atoms with E-state index in [1.54, 1.807) is 26.4 Å². The van der Waals surface area contributed by atoms with Crippen molar-refractivity contribution in [2.75, 3.05) is 47.1 Å². The molecular formula is C15H24FNO3. The molecule has 1 rings (SSSR count). The quantitative estimate of drug-likeness (QED) is 0.712. The average molecular weight is 285 g/mol. The second-order valence-corrected chi connectivity index (χ2v) is 4.68. The van der Waals surface area contributed by atoms with Gasteiger partial charge in [-0.1, -0.05) is 12.1 Å². The van der Waals surface area contributed by atoms with Crippen LogP contribution in [0.2, 0.25) is 0 Å². The van der Waals surface area contributed by atoms with Gasteiger partial charge in [-0.3, -0.25) is 4.90 Å². The standard InChI is InChI=1S/C15H24FNO3/c1-19-11-9-17(10-12-20-2)8-7-15(18)13-3-5-14(16)6-4-13/h3-6,15,18H,7-12H2,1-2H3. The molecule has 0 bridgehead atoms. The van der Waals surface area contributed by atoms with Crippen molar-refractivity contribution in [3.05, 3.63) is 35.6 Å². The molecule has 0 heterocycles. The van der Waals surface area contributed by atoms with Gasteiger partial charge in [-0.15, -0.1) is 0 Å². The van der Waals surface area contributed by atoms with Crippen molar-refractivity contribution in [2.45, 2.75) is 12.5 Å². The van der Waals surface area contributed by atoms with Gasteiger partial charge in [-0.2, -0.15) is 0 Å². The summed E-state index contributed by atoms with van der Waals surface area (Å²) in [7, 11) is 3.34. The first-order chi connectivity index (χ1) is 9.67. The van der Waals surface area contributed by atoms with Crippen molar-refractivity contribution in [3.8, 4) is 0 Å². The Kier molecular flexibility index (Phi) is 8.37. The summed E-state index contributed by atoms with van der Waals surface area (Å²) in [6.45, 7) is 3.64. The molecule has 1 atom stereocenters. The Balaban J connectivity index is 2.41. The van der Waals surface area contributed by atoms with Crippen LogP contribution >= 0.6 is 0 Å². The van der Waals surface area contributed by atoms with E-state index >= 15 is 0 Å². The number of aliphatic hydroxyl groups excluding tert-OH is 1. The fraction of sp³-hybridized carbons (Fsp3) is 0.600. The summed E-state index contributed by atoms with van der Waals surface area (Å²) in [5.74, 6) is -0.289. The summed E-state index contributed by atoms with van der Waals surface area (Å²) in [5, 5.41) is 10.1. The normalized spacial score (nSPS) is 12.8. The van der Waals surface area contributed by atoms with Gasteiger partial charge in [-0.05, 0) is 24.1 Å². The summed E-state index contributed by atoms with van der Waals surface area (Å²) in [5.41, 5.74) is 0.741. The molecule has 0 saturated heterocycles. The highest BCUT2D eigenvalue weighted by Gasteiger charge is 2.11. The minimum atomic E-state index is -0.580. The molecule has 1 N–H and O–H groups in total. The number of halogens is 1. The van der Waals surface area contributed by atoms with E-state index in [-0.39, 0.29) is 5.82 Å². The highest BCUT2D eigenvalue weighted by molar-refractivity contribution is 5.18. The number of nitrogens with zero attached hydrogens (tertiary/aromatic N) is 1. The van der Waals surface area contributed by atoms with Crippen molar-refractivity contribution in [3.63, 3.8) is 0 Å². The maximum atomic E-state index is 12.8. The van der Waals surface area contributed by atoms with Crippen LogP contribution in [0.1, 0.15) is 18.1 Å². The lowest BCUT2D eigenvalue weighted by Crippen LogP contribution is -2.32. The molecule has 1 aromatic carbocycles. The van der Waals surface area contributed by atoms with Gasteiger partial charge in [0, 0.05) is 33.9 Å². The van der Waals surface area contributed by atoms with Crippen LogP contribution in [0.5, 0.6) is 0 Å². The van der Waals surface area contributed by atoms with Crippen LogP contribution in [0.4, 0.5) is 4.39 Å². The Morgan fingerprint density at radius 2 is 1.60 bits per heavy atom. The predicted octanol–water partition coefficient (Wildman–Crippen LogP) is 1.84. The molecule has 5 heteroatoms. The largest absolute Gasteiger partial charge is 0.388 e. The van der Waals surface area contributed by atoms with E-state index in [1.807, 2.05) is 0 Å². The highest BCUT2D eigenvalue weighted by atomic mass is 19.1. The molecule has 0 aliphatic heterocycles. The Hall–Kier alpha value is -1.01. The number of hydrogen-bond acceptors (Lipinski definition) is 4. The Morgan fingerprint density at radius 1 is 1.05 bits per heavy atom. The van der Waals surface area contributed by atoms with Crippen molar-refractivity contribution in [1.82, 2.24) is 4.90 Å². The van der Waals surface area contributed by atoms with Gasteiger partial charge in [0.15, 0.2) is 0 Å². The van der Waals surface area contributed by atoms with Gasteiger partial charge in [0.05, 0.1) is 19.3 Å². The first kappa shape index (κ1) is 17.0. The van der Waals surface area contributed by atoms with Crippen LogP contribution in [0, 0.1) is 5.82 Å². The Bertz CT molecular complexity index is 351. The number of ether oxygens (including phenoxy) is 2. The first-order valence-electron chi connectivity index (χ1n) is 6.81. The lowest BCUT2D eigenvalue weighted by molar-refractivity contribution is 0.0945. The Morgan fingerprint density at radius 3 is 2.10 bits per heavy atom. The lowest BCUT2D eigenvalue weighted by Gasteiger charge is -2.23. The van der Waals surface area contributed by atoms with E-state index in [2.05, 4.69) is 4.90 Å². The summed E-state index contributed by atoms with van der Waals surface area (Å²) >= 11 is 0. The molecule has 1 unspecified atom stereocenters. The van der Waals surface area contributed by atoms with Crippen LogP contribution in [-0.4, -0.2) is 57.1 Å². The maximum Gasteiger partial charge on any atom is 0.123 e. The molecular weight excluding hydrogens is 261 g/mol. The second kappa shape index (κ2) is 9.83. The fourth-order valence-corrected chi connectivity index (χ4v) is 1.93. The van der Waals surface area contributed by atoms with E-state index in [4.69, 9.17) is 9.47 Å². The molecule has 0 fully saturated rings. The summed E-state index contributed by atoms with van der Waals surface area (Å²) < 4.78 is 23.0. The minimum Gasteiger partial charge on any atom is -0.388 e. The van der Waals surface area contributed by atoms with Gasteiger partial charge in [0.1, 0.15) is 5.82 Å². The number of hydrogen-bond donors (Lipinski definition) is 1. The molecule has 0 amide bonds. The van der Waals surface area contributed by atoms with Gasteiger partial charge in [0.2, 0.25) is 0 Å². The monoisotopic (exact) mass is 285 g/mol. The van der Waals surface area contributed by atoms with Crippen LogP contribution in [0.15, 0.2) is 24.3 Å². The second-order valence-electron chi connectivity index (χ2n) is 4.68. The predicted molar refractivity (Wildman–Crippen MR) is 76.2 cm³/mol. The zero-order valence-electron chi connectivity index (χ0n) is 12.2. The number of benzene rings is 1. The molecule has 0 aliphatic carbocycles. The van der Waals surface area contributed by atoms with Crippen molar-refractivity contribution < 1.29 is 19.0 Å². The molecule has 0 radical (unpaired) electrons. The van der Waals surface area contributed by atoms with Crippen LogP contribution in [0.25, 0.3) is 0 Å². The van der Waals surface area contributed by atoms with E-state index in [0.717, 1.165) is 25.2 Å².